The number of nitrogens with zero attached hydrogens (tertiary/aromatic N) is 3. The Hall–Kier alpha value is -1.68. The summed E-state index contributed by atoms with van der Waals surface area (Å²) in [6.45, 7) is 0.755. The lowest BCUT2D eigenvalue weighted by Gasteiger charge is -2.26. The van der Waals surface area contributed by atoms with Crippen LogP contribution in [0.3, 0.4) is 0 Å². The number of aromatic nitrogens is 2. The SMILES string of the molecule is CN(Cc1cc(=O)n2ccccc2n1)C1CCCCCC1. The summed E-state index contributed by atoms with van der Waals surface area (Å²) in [5.74, 6) is 0. The smallest absolute Gasteiger partial charge is 0.258 e. The zero-order valence-electron chi connectivity index (χ0n) is 12.7. The molecule has 21 heavy (non-hydrogen) atoms. The maximum atomic E-state index is 12.1. The Labute approximate surface area is 125 Å². The van der Waals surface area contributed by atoms with E-state index in [1.165, 1.54) is 38.5 Å². The van der Waals surface area contributed by atoms with Crippen LogP contribution in [0.5, 0.6) is 0 Å². The van der Waals surface area contributed by atoms with Gasteiger partial charge in [-0.3, -0.25) is 14.1 Å². The van der Waals surface area contributed by atoms with Crippen molar-refractivity contribution in [1.82, 2.24) is 14.3 Å². The first-order valence-corrected chi connectivity index (χ1v) is 7.91. The van der Waals surface area contributed by atoms with Crippen molar-refractivity contribution in [2.24, 2.45) is 0 Å². The van der Waals surface area contributed by atoms with E-state index < -0.39 is 0 Å². The highest BCUT2D eigenvalue weighted by Crippen LogP contribution is 2.21. The monoisotopic (exact) mass is 285 g/mol. The van der Waals surface area contributed by atoms with Crippen LogP contribution in [0.15, 0.2) is 35.3 Å². The molecule has 0 aliphatic heterocycles. The highest BCUT2D eigenvalue weighted by molar-refractivity contribution is 5.37. The number of fused-ring (bicyclic) bond motifs is 1. The summed E-state index contributed by atoms with van der Waals surface area (Å²) >= 11 is 0. The lowest BCUT2D eigenvalue weighted by molar-refractivity contribution is 0.211. The average molecular weight is 285 g/mol. The first kappa shape index (κ1) is 14.3. The van der Waals surface area contributed by atoms with Crippen molar-refractivity contribution in [3.05, 3.63) is 46.5 Å². The van der Waals surface area contributed by atoms with Gasteiger partial charge in [0.15, 0.2) is 0 Å². The Bertz CT molecular complexity index is 656. The molecule has 0 aromatic carbocycles. The van der Waals surface area contributed by atoms with Gasteiger partial charge < -0.3 is 0 Å². The number of hydrogen-bond acceptors (Lipinski definition) is 3. The van der Waals surface area contributed by atoms with E-state index in [0.717, 1.165) is 17.9 Å². The first-order valence-electron chi connectivity index (χ1n) is 7.91. The van der Waals surface area contributed by atoms with E-state index in [9.17, 15) is 4.79 Å². The summed E-state index contributed by atoms with van der Waals surface area (Å²) in [6, 6.07) is 7.95. The van der Waals surface area contributed by atoms with Gasteiger partial charge in [0, 0.05) is 24.8 Å². The summed E-state index contributed by atoms with van der Waals surface area (Å²) in [6.07, 6.45) is 9.67. The minimum atomic E-state index is 0.00451. The van der Waals surface area contributed by atoms with Crippen LogP contribution in [0.1, 0.15) is 44.2 Å². The van der Waals surface area contributed by atoms with Gasteiger partial charge in [-0.2, -0.15) is 0 Å². The van der Waals surface area contributed by atoms with Gasteiger partial charge in [0.25, 0.3) is 5.56 Å². The summed E-state index contributed by atoms with van der Waals surface area (Å²) in [4.78, 5) is 19.1. The van der Waals surface area contributed by atoms with Gasteiger partial charge in [-0.25, -0.2) is 4.98 Å². The van der Waals surface area contributed by atoms with Gasteiger partial charge in [0.2, 0.25) is 0 Å². The summed E-state index contributed by atoms with van der Waals surface area (Å²) < 4.78 is 1.59. The molecule has 0 unspecified atom stereocenters. The third-order valence-electron chi connectivity index (χ3n) is 4.48. The fourth-order valence-corrected chi connectivity index (χ4v) is 3.27. The molecule has 3 rings (SSSR count). The zero-order chi connectivity index (χ0) is 14.7. The van der Waals surface area contributed by atoms with E-state index in [1.54, 1.807) is 16.7 Å². The molecule has 0 radical (unpaired) electrons. The fraction of sp³-hybridized carbons (Fsp3) is 0.529. The van der Waals surface area contributed by atoms with Gasteiger partial charge in [-0.05, 0) is 32.0 Å². The number of pyridine rings is 1. The molecule has 0 amide bonds. The lowest BCUT2D eigenvalue weighted by atomic mass is 10.1. The van der Waals surface area contributed by atoms with E-state index in [4.69, 9.17) is 0 Å². The Balaban J connectivity index is 1.79. The molecule has 4 heteroatoms. The number of hydrogen-bond donors (Lipinski definition) is 0. The molecular weight excluding hydrogens is 262 g/mol. The topological polar surface area (TPSA) is 37.6 Å². The molecule has 1 aliphatic carbocycles. The van der Waals surface area contributed by atoms with Crippen molar-refractivity contribution in [3.63, 3.8) is 0 Å². The quantitative estimate of drug-likeness (QED) is 0.814. The predicted molar refractivity (Wildman–Crippen MR) is 84.4 cm³/mol. The van der Waals surface area contributed by atoms with Crippen LogP contribution in [0, 0.1) is 0 Å². The second-order valence-corrected chi connectivity index (χ2v) is 6.08. The van der Waals surface area contributed by atoms with E-state index in [2.05, 4.69) is 16.9 Å². The van der Waals surface area contributed by atoms with Gasteiger partial charge in [0.05, 0.1) is 5.69 Å². The van der Waals surface area contributed by atoms with Gasteiger partial charge in [-0.15, -0.1) is 0 Å². The van der Waals surface area contributed by atoms with Gasteiger partial charge in [-0.1, -0.05) is 31.7 Å². The maximum absolute atomic E-state index is 12.1. The molecule has 2 aromatic heterocycles. The summed E-state index contributed by atoms with van der Waals surface area (Å²) in [5, 5.41) is 0. The highest BCUT2D eigenvalue weighted by Gasteiger charge is 2.17. The minimum Gasteiger partial charge on any atom is -0.298 e. The van der Waals surface area contributed by atoms with Crippen molar-refractivity contribution in [1.29, 1.82) is 0 Å². The zero-order valence-corrected chi connectivity index (χ0v) is 12.7. The second-order valence-electron chi connectivity index (χ2n) is 6.08. The molecule has 112 valence electrons. The fourth-order valence-electron chi connectivity index (χ4n) is 3.27. The van der Waals surface area contributed by atoms with Gasteiger partial charge >= 0.3 is 0 Å². The van der Waals surface area contributed by atoms with E-state index in [-0.39, 0.29) is 5.56 Å². The first-order chi connectivity index (χ1) is 10.2. The lowest BCUT2D eigenvalue weighted by Crippen LogP contribution is -2.31. The van der Waals surface area contributed by atoms with Crippen molar-refractivity contribution >= 4 is 5.65 Å². The van der Waals surface area contributed by atoms with Crippen LogP contribution in [-0.2, 0) is 6.54 Å². The van der Waals surface area contributed by atoms with Crippen molar-refractivity contribution < 1.29 is 0 Å². The molecule has 1 saturated carbocycles. The molecule has 0 spiro atoms. The normalized spacial score (nSPS) is 17.2. The molecule has 2 heterocycles. The maximum Gasteiger partial charge on any atom is 0.258 e. The Morgan fingerprint density at radius 2 is 2.00 bits per heavy atom. The molecule has 1 fully saturated rings. The number of rotatable bonds is 3. The summed E-state index contributed by atoms with van der Waals surface area (Å²) in [7, 11) is 2.16. The van der Waals surface area contributed by atoms with Crippen molar-refractivity contribution in [2.75, 3.05) is 7.05 Å². The minimum absolute atomic E-state index is 0.00451. The standard InChI is InChI=1S/C17H23N3O/c1-19(15-8-4-2-3-5-9-15)13-14-12-17(21)20-11-7-6-10-16(20)18-14/h6-7,10-12,15H,2-5,8-9,13H2,1H3. The van der Waals surface area contributed by atoms with Crippen LogP contribution < -0.4 is 5.56 Å². The highest BCUT2D eigenvalue weighted by atomic mass is 16.1. The summed E-state index contributed by atoms with van der Waals surface area (Å²) in [5.41, 5.74) is 1.61. The van der Waals surface area contributed by atoms with Crippen molar-refractivity contribution in [2.45, 2.75) is 51.1 Å². The third kappa shape index (κ3) is 3.32. The van der Waals surface area contributed by atoms with Crippen molar-refractivity contribution in [3.8, 4) is 0 Å². The van der Waals surface area contributed by atoms with Crippen LogP contribution in [0.2, 0.25) is 0 Å². The van der Waals surface area contributed by atoms with Gasteiger partial charge in [0.1, 0.15) is 5.65 Å². The molecule has 0 atom stereocenters. The Kier molecular flexibility index (Phi) is 4.34. The molecule has 0 saturated heterocycles. The molecular formula is C17H23N3O. The van der Waals surface area contributed by atoms with Crippen LogP contribution >= 0.6 is 0 Å². The third-order valence-corrected chi connectivity index (χ3v) is 4.48. The predicted octanol–water partition coefficient (Wildman–Crippen LogP) is 2.85. The second kappa shape index (κ2) is 6.39. The van der Waals surface area contributed by atoms with E-state index in [0.29, 0.717) is 6.04 Å². The van der Waals surface area contributed by atoms with Crippen LogP contribution in [-0.4, -0.2) is 27.4 Å². The molecule has 0 N–H and O–H groups in total. The van der Waals surface area contributed by atoms with Crippen LogP contribution in [0.25, 0.3) is 5.65 Å². The van der Waals surface area contributed by atoms with E-state index >= 15 is 0 Å². The molecule has 2 aromatic rings. The average Bonchev–Trinajstić information content (AvgIpc) is 2.76. The molecule has 1 aliphatic rings. The Morgan fingerprint density at radius 1 is 1.24 bits per heavy atom. The molecule has 0 bridgehead atoms. The van der Waals surface area contributed by atoms with E-state index in [1.807, 2.05) is 18.2 Å². The Morgan fingerprint density at radius 3 is 2.76 bits per heavy atom. The van der Waals surface area contributed by atoms with Crippen LogP contribution in [0.4, 0.5) is 0 Å². The largest absolute Gasteiger partial charge is 0.298 e. The molecule has 4 nitrogen and oxygen atoms in total.